The Morgan fingerprint density at radius 3 is 2.64 bits per heavy atom. The number of aliphatic hydroxyl groups is 1. The largest absolute Gasteiger partial charge is 0.396 e. The fourth-order valence-corrected chi connectivity index (χ4v) is 3.03. The molecule has 1 heteroatoms. The Bertz CT molecular complexity index is 207. The summed E-state index contributed by atoms with van der Waals surface area (Å²) in [6, 6.07) is 0. The zero-order valence-corrected chi connectivity index (χ0v) is 9.04. The molecule has 0 heterocycles. The van der Waals surface area contributed by atoms with Crippen molar-refractivity contribution in [1.82, 2.24) is 0 Å². The summed E-state index contributed by atoms with van der Waals surface area (Å²) in [6.07, 6.45) is 13.1. The maximum absolute atomic E-state index is 8.65. The molecule has 1 saturated carbocycles. The van der Waals surface area contributed by atoms with Gasteiger partial charge in [0, 0.05) is 6.61 Å². The molecule has 2 bridgehead atoms. The van der Waals surface area contributed by atoms with Crippen LogP contribution in [0.5, 0.6) is 0 Å². The first-order valence-corrected chi connectivity index (χ1v) is 6.21. The first kappa shape index (κ1) is 10.2. The van der Waals surface area contributed by atoms with E-state index in [1.165, 1.54) is 44.9 Å². The predicted octanol–water partition coefficient (Wildman–Crippen LogP) is 3.29. The molecule has 1 fully saturated rings. The lowest BCUT2D eigenvalue weighted by Crippen LogP contribution is -1.97. The topological polar surface area (TPSA) is 20.2 Å². The van der Waals surface area contributed by atoms with E-state index in [2.05, 4.69) is 6.08 Å². The van der Waals surface area contributed by atoms with Crippen molar-refractivity contribution < 1.29 is 5.11 Å². The average Bonchev–Trinajstić information content (AvgIpc) is 2.79. The van der Waals surface area contributed by atoms with Crippen molar-refractivity contribution in [2.24, 2.45) is 11.8 Å². The van der Waals surface area contributed by atoms with Crippen LogP contribution in [0.25, 0.3) is 0 Å². The predicted molar refractivity (Wildman–Crippen MR) is 59.1 cm³/mol. The highest BCUT2D eigenvalue weighted by molar-refractivity contribution is 5.19. The van der Waals surface area contributed by atoms with Gasteiger partial charge in [-0.1, -0.05) is 24.5 Å². The highest BCUT2D eigenvalue weighted by Crippen LogP contribution is 2.45. The molecule has 0 aliphatic heterocycles. The molecule has 2 atom stereocenters. The van der Waals surface area contributed by atoms with E-state index in [1.54, 1.807) is 5.57 Å². The monoisotopic (exact) mass is 194 g/mol. The summed E-state index contributed by atoms with van der Waals surface area (Å²) in [7, 11) is 0. The van der Waals surface area contributed by atoms with Crippen LogP contribution in [0.1, 0.15) is 51.4 Å². The quantitative estimate of drug-likeness (QED) is 0.508. The van der Waals surface area contributed by atoms with Gasteiger partial charge in [0.25, 0.3) is 0 Å². The van der Waals surface area contributed by atoms with Crippen LogP contribution < -0.4 is 0 Å². The van der Waals surface area contributed by atoms with Gasteiger partial charge in [0.1, 0.15) is 0 Å². The first-order valence-electron chi connectivity index (χ1n) is 6.21. The van der Waals surface area contributed by atoms with Crippen molar-refractivity contribution in [3.63, 3.8) is 0 Å². The molecule has 0 aromatic heterocycles. The molecule has 80 valence electrons. The number of fused-ring (bicyclic) bond motifs is 2. The Morgan fingerprint density at radius 2 is 2.00 bits per heavy atom. The Hall–Kier alpha value is -0.300. The molecule has 1 nitrogen and oxygen atoms in total. The zero-order valence-electron chi connectivity index (χ0n) is 9.04. The van der Waals surface area contributed by atoms with Crippen LogP contribution in [0, 0.1) is 11.8 Å². The van der Waals surface area contributed by atoms with Crippen LogP contribution in [0.2, 0.25) is 0 Å². The second-order valence-electron chi connectivity index (χ2n) is 4.90. The average molecular weight is 194 g/mol. The zero-order chi connectivity index (χ0) is 9.80. The molecule has 2 unspecified atom stereocenters. The van der Waals surface area contributed by atoms with Crippen molar-refractivity contribution in [1.29, 1.82) is 0 Å². The fraction of sp³-hybridized carbons (Fsp3) is 0.846. The second-order valence-corrected chi connectivity index (χ2v) is 4.90. The van der Waals surface area contributed by atoms with Gasteiger partial charge < -0.3 is 5.11 Å². The lowest BCUT2D eigenvalue weighted by molar-refractivity contribution is 0.282. The summed E-state index contributed by atoms with van der Waals surface area (Å²) in [5.41, 5.74) is 1.77. The van der Waals surface area contributed by atoms with Crippen molar-refractivity contribution >= 4 is 0 Å². The smallest absolute Gasteiger partial charge is 0.0431 e. The molecular formula is C13H22O. The number of unbranched alkanes of at least 4 members (excludes halogenated alkanes) is 3. The Labute approximate surface area is 87.2 Å². The van der Waals surface area contributed by atoms with Gasteiger partial charge in [0.15, 0.2) is 0 Å². The number of aliphatic hydroxyl groups excluding tert-OH is 1. The molecular weight excluding hydrogens is 172 g/mol. The molecule has 0 radical (unpaired) electrons. The Morgan fingerprint density at radius 1 is 1.14 bits per heavy atom. The standard InChI is InChI=1S/C13H22O/c14-8-4-2-1-3-5-12-9-11-6-7-13(12)10-11/h9,11,13-14H,1-8,10H2. The van der Waals surface area contributed by atoms with E-state index < -0.39 is 0 Å². The number of hydrogen-bond donors (Lipinski definition) is 1. The summed E-state index contributed by atoms with van der Waals surface area (Å²) < 4.78 is 0. The van der Waals surface area contributed by atoms with Crippen LogP contribution >= 0.6 is 0 Å². The van der Waals surface area contributed by atoms with Crippen molar-refractivity contribution in [2.75, 3.05) is 6.61 Å². The fourth-order valence-electron chi connectivity index (χ4n) is 3.03. The van der Waals surface area contributed by atoms with Gasteiger partial charge in [0.2, 0.25) is 0 Å². The van der Waals surface area contributed by atoms with Gasteiger partial charge in [-0.2, -0.15) is 0 Å². The number of rotatable bonds is 6. The van der Waals surface area contributed by atoms with Crippen LogP contribution in [-0.2, 0) is 0 Å². The minimum Gasteiger partial charge on any atom is -0.396 e. The van der Waals surface area contributed by atoms with Crippen molar-refractivity contribution in [3.05, 3.63) is 11.6 Å². The van der Waals surface area contributed by atoms with Gasteiger partial charge in [-0.05, 0) is 50.4 Å². The molecule has 2 aliphatic carbocycles. The van der Waals surface area contributed by atoms with Crippen LogP contribution in [-0.4, -0.2) is 11.7 Å². The molecule has 0 amide bonds. The maximum Gasteiger partial charge on any atom is 0.0431 e. The van der Waals surface area contributed by atoms with Crippen LogP contribution in [0.3, 0.4) is 0 Å². The van der Waals surface area contributed by atoms with Gasteiger partial charge >= 0.3 is 0 Å². The molecule has 0 saturated heterocycles. The Balaban J connectivity index is 1.60. The summed E-state index contributed by atoms with van der Waals surface area (Å²) in [4.78, 5) is 0. The molecule has 0 aromatic carbocycles. The van der Waals surface area contributed by atoms with E-state index in [0.717, 1.165) is 18.3 Å². The summed E-state index contributed by atoms with van der Waals surface area (Å²) in [6.45, 7) is 0.368. The lowest BCUT2D eigenvalue weighted by atomic mass is 9.94. The second kappa shape index (κ2) is 4.97. The maximum atomic E-state index is 8.65. The highest BCUT2D eigenvalue weighted by Gasteiger charge is 2.31. The third-order valence-corrected chi connectivity index (χ3v) is 3.82. The van der Waals surface area contributed by atoms with Crippen molar-refractivity contribution in [3.8, 4) is 0 Å². The van der Waals surface area contributed by atoms with Crippen LogP contribution in [0.15, 0.2) is 11.6 Å². The highest BCUT2D eigenvalue weighted by atomic mass is 16.2. The summed E-state index contributed by atoms with van der Waals surface area (Å²) in [5, 5.41) is 8.65. The van der Waals surface area contributed by atoms with Crippen LogP contribution in [0.4, 0.5) is 0 Å². The van der Waals surface area contributed by atoms with Gasteiger partial charge in [0.05, 0.1) is 0 Å². The van der Waals surface area contributed by atoms with E-state index in [4.69, 9.17) is 5.11 Å². The molecule has 1 N–H and O–H groups in total. The van der Waals surface area contributed by atoms with E-state index in [0.29, 0.717) is 6.61 Å². The summed E-state index contributed by atoms with van der Waals surface area (Å²) >= 11 is 0. The minimum atomic E-state index is 0.368. The molecule has 0 aromatic rings. The third kappa shape index (κ3) is 2.38. The number of allylic oxidation sites excluding steroid dienone is 2. The lowest BCUT2D eigenvalue weighted by Gasteiger charge is -2.12. The normalized spacial score (nSPS) is 29.6. The summed E-state index contributed by atoms with van der Waals surface area (Å²) in [5.74, 6) is 1.92. The SMILES string of the molecule is OCCCCCCC1=CC2CCC1C2. The first-order chi connectivity index (χ1) is 6.90. The van der Waals surface area contributed by atoms with E-state index >= 15 is 0 Å². The van der Waals surface area contributed by atoms with Gasteiger partial charge in [-0.3, -0.25) is 0 Å². The number of hydrogen-bond acceptors (Lipinski definition) is 1. The molecule has 2 rings (SSSR count). The van der Waals surface area contributed by atoms with Gasteiger partial charge in [-0.25, -0.2) is 0 Å². The third-order valence-electron chi connectivity index (χ3n) is 3.82. The molecule has 2 aliphatic rings. The van der Waals surface area contributed by atoms with Crippen molar-refractivity contribution in [2.45, 2.75) is 51.4 Å². The van der Waals surface area contributed by atoms with E-state index in [-0.39, 0.29) is 0 Å². The molecule has 14 heavy (non-hydrogen) atoms. The van der Waals surface area contributed by atoms with Gasteiger partial charge in [-0.15, -0.1) is 0 Å². The Kier molecular flexibility index (Phi) is 3.63. The molecule has 0 spiro atoms. The van der Waals surface area contributed by atoms with E-state index in [1.807, 2.05) is 0 Å². The van der Waals surface area contributed by atoms with E-state index in [9.17, 15) is 0 Å². The minimum absolute atomic E-state index is 0.368.